The maximum Gasteiger partial charge on any atom is 0.269 e. The van der Waals surface area contributed by atoms with Gasteiger partial charge in [-0.05, 0) is 24.3 Å². The quantitative estimate of drug-likeness (QED) is 0.657. The molecule has 0 spiro atoms. The van der Waals surface area contributed by atoms with Crippen molar-refractivity contribution in [1.82, 2.24) is 0 Å². The molecule has 0 unspecified atom stereocenters. The van der Waals surface area contributed by atoms with E-state index in [-0.39, 0.29) is 10.6 Å². The minimum Gasteiger partial charge on any atom is -0.375 e. The molecule has 2 aromatic rings. The minimum absolute atomic E-state index is 0.0761. The molecule has 23 heavy (non-hydrogen) atoms. The molecule has 0 radical (unpaired) electrons. The second kappa shape index (κ2) is 6.43. The van der Waals surface area contributed by atoms with Crippen molar-refractivity contribution in [3.63, 3.8) is 0 Å². The molecule has 0 bridgehead atoms. The first-order valence-corrected chi connectivity index (χ1v) is 8.31. The first-order valence-electron chi connectivity index (χ1n) is 6.45. The van der Waals surface area contributed by atoms with Gasteiger partial charge in [-0.15, -0.1) is 0 Å². The van der Waals surface area contributed by atoms with E-state index < -0.39 is 14.9 Å². The zero-order chi connectivity index (χ0) is 17.2. The fourth-order valence-corrected chi connectivity index (χ4v) is 3.41. The summed E-state index contributed by atoms with van der Waals surface area (Å²) in [5, 5.41) is 11.0. The highest BCUT2D eigenvalue weighted by Gasteiger charge is 2.19. The zero-order valence-corrected chi connectivity index (χ0v) is 13.9. The highest BCUT2D eigenvalue weighted by Crippen LogP contribution is 2.33. The molecule has 0 aliphatic rings. The molecule has 0 aliphatic heterocycles. The monoisotopic (exact) mass is 355 g/mol. The van der Waals surface area contributed by atoms with Crippen molar-refractivity contribution in [2.24, 2.45) is 0 Å². The summed E-state index contributed by atoms with van der Waals surface area (Å²) in [6.45, 7) is 0. The van der Waals surface area contributed by atoms with E-state index in [9.17, 15) is 18.5 Å². The molecule has 0 atom stereocenters. The second-order valence-electron chi connectivity index (χ2n) is 4.89. The predicted octanol–water partition coefficient (Wildman–Crippen LogP) is 3.12. The van der Waals surface area contributed by atoms with Gasteiger partial charge in [0.1, 0.15) is 0 Å². The van der Waals surface area contributed by atoms with Crippen molar-refractivity contribution in [2.45, 2.75) is 4.90 Å². The summed E-state index contributed by atoms with van der Waals surface area (Å²) < 4.78 is 27.3. The van der Waals surface area contributed by atoms with E-state index in [1.54, 1.807) is 37.2 Å². The third-order valence-corrected chi connectivity index (χ3v) is 4.72. The van der Waals surface area contributed by atoms with Gasteiger partial charge in [0.15, 0.2) is 0 Å². The molecule has 0 fully saturated rings. The number of nitrogens with one attached hydrogen (secondary N) is 1. The fraction of sp³-hybridized carbons (Fsp3) is 0.143. The summed E-state index contributed by atoms with van der Waals surface area (Å²) in [4.78, 5) is 11.7. The van der Waals surface area contributed by atoms with Gasteiger partial charge in [0.2, 0.25) is 0 Å². The van der Waals surface area contributed by atoms with Crippen molar-refractivity contribution in [1.29, 1.82) is 0 Å². The molecule has 0 saturated heterocycles. The van der Waals surface area contributed by atoms with Crippen molar-refractivity contribution < 1.29 is 13.3 Å². The molecule has 0 amide bonds. The Labute approximate surface area is 138 Å². The second-order valence-corrected chi connectivity index (χ2v) is 6.98. The molecular formula is C14H14ClN3O4S. The first kappa shape index (κ1) is 17.0. The summed E-state index contributed by atoms with van der Waals surface area (Å²) in [7, 11) is -0.405. The predicted molar refractivity (Wildman–Crippen MR) is 89.7 cm³/mol. The van der Waals surface area contributed by atoms with E-state index in [0.717, 1.165) is 12.1 Å². The number of rotatable bonds is 5. The molecule has 0 aromatic heterocycles. The molecule has 2 aromatic carbocycles. The van der Waals surface area contributed by atoms with Gasteiger partial charge in [-0.2, -0.15) is 0 Å². The Kier molecular flexibility index (Phi) is 4.76. The normalized spacial score (nSPS) is 11.1. The van der Waals surface area contributed by atoms with E-state index in [1.165, 1.54) is 12.1 Å². The van der Waals surface area contributed by atoms with Crippen LogP contribution < -0.4 is 9.62 Å². The van der Waals surface area contributed by atoms with Gasteiger partial charge >= 0.3 is 0 Å². The van der Waals surface area contributed by atoms with Crippen LogP contribution in [0.3, 0.4) is 0 Å². The molecule has 1 N–H and O–H groups in total. The van der Waals surface area contributed by atoms with Crippen molar-refractivity contribution in [3.8, 4) is 0 Å². The Morgan fingerprint density at radius 2 is 1.74 bits per heavy atom. The standard InChI is InChI=1S/C14H14ClN3O4S/c1-17(2)14-12(15)4-3-5-13(14)16-23(21,22)11-8-6-10(7-9-11)18(19)20/h3-9,16H,1-2H3. The largest absolute Gasteiger partial charge is 0.375 e. The van der Waals surface area contributed by atoms with Gasteiger partial charge in [-0.3, -0.25) is 14.8 Å². The molecule has 0 saturated carbocycles. The summed E-state index contributed by atoms with van der Waals surface area (Å²) in [6.07, 6.45) is 0. The van der Waals surface area contributed by atoms with Crippen LogP contribution in [0.4, 0.5) is 17.1 Å². The lowest BCUT2D eigenvalue weighted by atomic mass is 10.2. The minimum atomic E-state index is -3.89. The SMILES string of the molecule is CN(C)c1c(Cl)cccc1NS(=O)(=O)c1ccc([N+](=O)[O-])cc1. The van der Waals surface area contributed by atoms with Crippen LogP contribution in [0.5, 0.6) is 0 Å². The molecule has 0 aliphatic carbocycles. The maximum absolute atomic E-state index is 12.4. The van der Waals surface area contributed by atoms with Crippen molar-refractivity contribution in [2.75, 3.05) is 23.7 Å². The maximum atomic E-state index is 12.4. The number of benzene rings is 2. The number of nitro benzene ring substituents is 1. The average molecular weight is 356 g/mol. The smallest absolute Gasteiger partial charge is 0.269 e. The Morgan fingerprint density at radius 1 is 1.13 bits per heavy atom. The highest BCUT2D eigenvalue weighted by atomic mass is 35.5. The first-order chi connectivity index (χ1) is 10.7. The Hall–Kier alpha value is -2.32. The molecular weight excluding hydrogens is 342 g/mol. The number of nitro groups is 1. The van der Waals surface area contributed by atoms with Crippen LogP contribution in [0, 0.1) is 10.1 Å². The van der Waals surface area contributed by atoms with Gasteiger partial charge in [-0.25, -0.2) is 8.42 Å². The molecule has 0 heterocycles. The van der Waals surface area contributed by atoms with Crippen LogP contribution in [0.15, 0.2) is 47.4 Å². The van der Waals surface area contributed by atoms with Gasteiger partial charge in [-0.1, -0.05) is 17.7 Å². The fourth-order valence-electron chi connectivity index (χ4n) is 2.00. The Balaban J connectivity index is 2.39. The topological polar surface area (TPSA) is 92.6 Å². The van der Waals surface area contributed by atoms with E-state index in [0.29, 0.717) is 16.4 Å². The molecule has 7 nitrogen and oxygen atoms in total. The van der Waals surface area contributed by atoms with Crippen molar-refractivity contribution >= 4 is 38.7 Å². The summed E-state index contributed by atoms with van der Waals surface area (Å²) in [6, 6.07) is 9.51. The van der Waals surface area contributed by atoms with E-state index >= 15 is 0 Å². The lowest BCUT2D eigenvalue weighted by Crippen LogP contribution is -2.17. The van der Waals surface area contributed by atoms with E-state index in [1.807, 2.05) is 0 Å². The van der Waals surface area contributed by atoms with Crippen LogP contribution in [0.25, 0.3) is 0 Å². The summed E-state index contributed by atoms with van der Waals surface area (Å²) >= 11 is 6.10. The number of nitrogens with zero attached hydrogens (tertiary/aromatic N) is 2. The number of hydrogen-bond donors (Lipinski definition) is 1. The van der Waals surface area contributed by atoms with Gasteiger partial charge < -0.3 is 4.90 Å². The zero-order valence-electron chi connectivity index (χ0n) is 12.4. The Morgan fingerprint density at radius 3 is 2.26 bits per heavy atom. The Bertz CT molecular complexity index is 836. The summed E-state index contributed by atoms with van der Waals surface area (Å²) in [5.74, 6) is 0. The number of anilines is 2. The summed E-state index contributed by atoms with van der Waals surface area (Å²) in [5.41, 5.74) is 0.668. The van der Waals surface area contributed by atoms with Crippen LogP contribution in [-0.4, -0.2) is 27.4 Å². The number of non-ortho nitro benzene ring substituents is 1. The lowest BCUT2D eigenvalue weighted by Gasteiger charge is -2.19. The third-order valence-electron chi connectivity index (χ3n) is 3.04. The van der Waals surface area contributed by atoms with Gasteiger partial charge in [0.25, 0.3) is 15.7 Å². The third kappa shape index (κ3) is 3.72. The van der Waals surface area contributed by atoms with Crippen LogP contribution in [0.1, 0.15) is 0 Å². The number of sulfonamides is 1. The van der Waals surface area contributed by atoms with Crippen LogP contribution in [-0.2, 0) is 10.0 Å². The number of halogens is 1. The van der Waals surface area contributed by atoms with E-state index in [2.05, 4.69) is 4.72 Å². The molecule has 9 heteroatoms. The van der Waals surface area contributed by atoms with E-state index in [4.69, 9.17) is 11.6 Å². The van der Waals surface area contributed by atoms with Crippen LogP contribution in [0.2, 0.25) is 5.02 Å². The number of hydrogen-bond acceptors (Lipinski definition) is 5. The van der Waals surface area contributed by atoms with Crippen molar-refractivity contribution in [3.05, 3.63) is 57.6 Å². The number of para-hydroxylation sites is 1. The molecule has 2 rings (SSSR count). The average Bonchev–Trinajstić information content (AvgIpc) is 2.46. The van der Waals surface area contributed by atoms with Gasteiger partial charge in [0, 0.05) is 26.2 Å². The lowest BCUT2D eigenvalue weighted by molar-refractivity contribution is -0.384. The van der Waals surface area contributed by atoms with Gasteiger partial charge in [0.05, 0.1) is 26.2 Å². The highest BCUT2D eigenvalue weighted by molar-refractivity contribution is 7.92. The molecule has 122 valence electrons. The van der Waals surface area contributed by atoms with Crippen LogP contribution >= 0.6 is 11.6 Å².